The Morgan fingerprint density at radius 1 is 1.00 bits per heavy atom. The van der Waals surface area contributed by atoms with E-state index in [1.165, 1.54) is 0 Å². The van der Waals surface area contributed by atoms with E-state index in [1.807, 2.05) is 43.3 Å². The molecule has 2 aromatic carbocycles. The Bertz CT molecular complexity index is 822. The van der Waals surface area contributed by atoms with Crippen LogP contribution in [0, 0.1) is 6.92 Å². The molecular formula is C18H12BrNO2. The van der Waals surface area contributed by atoms with Gasteiger partial charge in [-0.25, -0.2) is 0 Å². The summed E-state index contributed by atoms with van der Waals surface area (Å²) >= 11 is 3.43. The number of aryl methyl sites for hydroxylation is 1. The van der Waals surface area contributed by atoms with Crippen molar-refractivity contribution in [3.63, 3.8) is 0 Å². The van der Waals surface area contributed by atoms with Gasteiger partial charge in [-0.1, -0.05) is 34.1 Å². The highest BCUT2D eigenvalue weighted by molar-refractivity contribution is 9.10. The maximum atomic E-state index is 12.5. The van der Waals surface area contributed by atoms with Crippen molar-refractivity contribution in [2.45, 2.75) is 13.3 Å². The van der Waals surface area contributed by atoms with Crippen molar-refractivity contribution in [1.82, 2.24) is 0 Å². The first-order chi connectivity index (χ1) is 10.5. The van der Waals surface area contributed by atoms with E-state index in [1.54, 1.807) is 0 Å². The third-order valence-electron chi connectivity index (χ3n) is 4.14. The lowest BCUT2D eigenvalue weighted by Crippen LogP contribution is -2.08. The zero-order chi connectivity index (χ0) is 15.4. The highest BCUT2D eigenvalue weighted by Gasteiger charge is 2.34. The van der Waals surface area contributed by atoms with Gasteiger partial charge in [-0.05, 0) is 41.8 Å². The van der Waals surface area contributed by atoms with E-state index in [2.05, 4.69) is 21.2 Å². The van der Waals surface area contributed by atoms with E-state index in [0.717, 1.165) is 32.4 Å². The number of rotatable bonds is 0. The van der Waals surface area contributed by atoms with Crippen LogP contribution >= 0.6 is 15.9 Å². The molecule has 1 heterocycles. The largest absolute Gasteiger partial charge is 0.321 e. The molecule has 4 heteroatoms. The van der Waals surface area contributed by atoms with Crippen molar-refractivity contribution in [2.75, 3.05) is 5.32 Å². The zero-order valence-corrected chi connectivity index (χ0v) is 13.5. The summed E-state index contributed by atoms with van der Waals surface area (Å²) in [4.78, 5) is 24.9. The molecule has 0 fully saturated rings. The Kier molecular flexibility index (Phi) is 2.84. The second kappa shape index (κ2) is 4.65. The lowest BCUT2D eigenvalue weighted by atomic mass is 9.96. The summed E-state index contributed by atoms with van der Waals surface area (Å²) in [6.45, 7) is 1.98. The molecule has 0 saturated heterocycles. The SMILES string of the molecule is Cc1ccc2c(c1)NC(=O)/C2=C1/C(=O)Cc2cc(Br)ccc21. The molecule has 0 spiro atoms. The van der Waals surface area contributed by atoms with Crippen molar-refractivity contribution in [2.24, 2.45) is 0 Å². The van der Waals surface area contributed by atoms with E-state index in [9.17, 15) is 9.59 Å². The number of halogens is 1. The van der Waals surface area contributed by atoms with E-state index < -0.39 is 0 Å². The minimum atomic E-state index is -0.195. The molecule has 0 atom stereocenters. The average molecular weight is 354 g/mol. The summed E-state index contributed by atoms with van der Waals surface area (Å²) in [5.41, 5.74) is 5.55. The molecule has 3 nitrogen and oxygen atoms in total. The normalized spacial score (nSPS) is 19.2. The Labute approximate surface area is 136 Å². The number of nitrogens with one attached hydrogen (secondary N) is 1. The standard InChI is InChI=1S/C18H12BrNO2/c1-9-2-4-13-14(6-9)20-18(22)17(13)16-12-5-3-11(19)7-10(12)8-15(16)21/h2-7H,8H2,1H3,(H,20,22)/b17-16+. The third kappa shape index (κ3) is 1.87. The zero-order valence-electron chi connectivity index (χ0n) is 11.9. The average Bonchev–Trinajstić information content (AvgIpc) is 2.93. The van der Waals surface area contributed by atoms with Gasteiger partial charge in [0.2, 0.25) is 0 Å². The highest BCUT2D eigenvalue weighted by Crippen LogP contribution is 2.42. The van der Waals surface area contributed by atoms with Gasteiger partial charge < -0.3 is 5.32 Å². The molecule has 1 amide bonds. The van der Waals surface area contributed by atoms with Crippen LogP contribution < -0.4 is 5.32 Å². The number of carbonyl (C=O) groups is 2. The lowest BCUT2D eigenvalue weighted by Gasteiger charge is -2.05. The van der Waals surface area contributed by atoms with E-state index in [0.29, 0.717) is 17.6 Å². The molecule has 1 aliphatic carbocycles. The van der Waals surface area contributed by atoms with Gasteiger partial charge in [-0.2, -0.15) is 0 Å². The molecule has 108 valence electrons. The fraction of sp³-hybridized carbons (Fsp3) is 0.111. The first kappa shape index (κ1) is 13.5. The quantitative estimate of drug-likeness (QED) is 0.733. The van der Waals surface area contributed by atoms with Crippen LogP contribution in [0.3, 0.4) is 0 Å². The van der Waals surface area contributed by atoms with Crippen LogP contribution in [0.25, 0.3) is 11.1 Å². The van der Waals surface area contributed by atoms with Crippen molar-refractivity contribution < 1.29 is 9.59 Å². The summed E-state index contributed by atoms with van der Waals surface area (Å²) in [5, 5.41) is 2.87. The summed E-state index contributed by atoms with van der Waals surface area (Å²) < 4.78 is 0.942. The maximum Gasteiger partial charge on any atom is 0.257 e. The van der Waals surface area contributed by atoms with Gasteiger partial charge in [0, 0.05) is 27.7 Å². The number of amides is 1. The van der Waals surface area contributed by atoms with Crippen molar-refractivity contribution in [1.29, 1.82) is 0 Å². The molecule has 2 aromatic rings. The summed E-state index contributed by atoms with van der Waals surface area (Å²) in [6, 6.07) is 11.6. The molecule has 22 heavy (non-hydrogen) atoms. The number of Topliss-reactive ketones (excluding diaryl/α,β-unsaturated/α-hetero) is 1. The fourth-order valence-electron chi connectivity index (χ4n) is 3.17. The second-order valence-corrected chi connectivity index (χ2v) is 6.57. The highest BCUT2D eigenvalue weighted by atomic mass is 79.9. The van der Waals surface area contributed by atoms with Crippen LogP contribution in [0.15, 0.2) is 40.9 Å². The van der Waals surface area contributed by atoms with E-state index >= 15 is 0 Å². The predicted octanol–water partition coefficient (Wildman–Crippen LogP) is 3.75. The summed E-state index contributed by atoms with van der Waals surface area (Å²) in [6.07, 6.45) is 0.349. The predicted molar refractivity (Wildman–Crippen MR) is 89.5 cm³/mol. The third-order valence-corrected chi connectivity index (χ3v) is 4.63. The van der Waals surface area contributed by atoms with Gasteiger partial charge >= 0.3 is 0 Å². The van der Waals surface area contributed by atoms with Gasteiger partial charge in [0.1, 0.15) is 0 Å². The molecule has 0 aromatic heterocycles. The lowest BCUT2D eigenvalue weighted by molar-refractivity contribution is -0.113. The molecule has 0 saturated carbocycles. The van der Waals surface area contributed by atoms with Gasteiger partial charge in [0.25, 0.3) is 5.91 Å². The molecule has 0 radical (unpaired) electrons. The number of benzene rings is 2. The number of carbonyl (C=O) groups excluding carboxylic acids is 2. The summed E-state index contributed by atoms with van der Waals surface area (Å²) in [5.74, 6) is -0.189. The number of ketones is 1. The topological polar surface area (TPSA) is 46.2 Å². The minimum absolute atomic E-state index is 0.00618. The Morgan fingerprint density at radius 2 is 1.77 bits per heavy atom. The van der Waals surface area contributed by atoms with Gasteiger partial charge in [-0.15, -0.1) is 0 Å². The first-order valence-electron chi connectivity index (χ1n) is 7.03. The number of hydrogen-bond acceptors (Lipinski definition) is 2. The Morgan fingerprint density at radius 3 is 2.59 bits per heavy atom. The van der Waals surface area contributed by atoms with Gasteiger partial charge in [0.05, 0.1) is 5.57 Å². The Hall–Kier alpha value is -2.20. The van der Waals surface area contributed by atoms with Crippen LogP contribution in [0.2, 0.25) is 0 Å². The van der Waals surface area contributed by atoms with Crippen molar-refractivity contribution >= 4 is 44.5 Å². The van der Waals surface area contributed by atoms with Crippen molar-refractivity contribution in [3.8, 4) is 0 Å². The molecule has 2 aliphatic rings. The molecule has 4 rings (SSSR count). The minimum Gasteiger partial charge on any atom is -0.321 e. The number of hydrogen-bond donors (Lipinski definition) is 1. The first-order valence-corrected chi connectivity index (χ1v) is 7.82. The van der Waals surface area contributed by atoms with E-state index in [-0.39, 0.29) is 11.7 Å². The molecular weight excluding hydrogens is 342 g/mol. The van der Waals surface area contributed by atoms with Crippen LogP contribution in [-0.4, -0.2) is 11.7 Å². The monoisotopic (exact) mass is 353 g/mol. The fourth-order valence-corrected chi connectivity index (χ4v) is 3.58. The summed E-state index contributed by atoms with van der Waals surface area (Å²) in [7, 11) is 0. The second-order valence-electron chi connectivity index (χ2n) is 5.65. The molecule has 1 aliphatic heterocycles. The van der Waals surface area contributed by atoms with Crippen molar-refractivity contribution in [3.05, 3.63) is 63.1 Å². The van der Waals surface area contributed by atoms with Gasteiger partial charge in [-0.3, -0.25) is 9.59 Å². The van der Waals surface area contributed by atoms with Crippen LogP contribution in [0.1, 0.15) is 22.3 Å². The Balaban J connectivity index is 2.00. The van der Waals surface area contributed by atoms with Crippen LogP contribution in [0.4, 0.5) is 5.69 Å². The van der Waals surface area contributed by atoms with Crippen LogP contribution in [-0.2, 0) is 16.0 Å². The number of anilines is 1. The molecule has 0 bridgehead atoms. The molecule has 0 unspecified atom stereocenters. The smallest absolute Gasteiger partial charge is 0.257 e. The number of allylic oxidation sites excluding steroid dienone is 1. The number of fused-ring (bicyclic) bond motifs is 2. The molecule has 1 N–H and O–H groups in total. The maximum absolute atomic E-state index is 12.5. The van der Waals surface area contributed by atoms with E-state index in [4.69, 9.17) is 0 Å². The van der Waals surface area contributed by atoms with Gasteiger partial charge in [0.15, 0.2) is 5.78 Å². The van der Waals surface area contributed by atoms with Crippen LogP contribution in [0.5, 0.6) is 0 Å².